The Bertz CT molecular complexity index is 1750. The molecular weight excluding hydrogens is 706 g/mol. The summed E-state index contributed by atoms with van der Waals surface area (Å²) < 4.78 is 13.2. The van der Waals surface area contributed by atoms with Gasteiger partial charge in [0.2, 0.25) is 0 Å². The highest BCUT2D eigenvalue weighted by atomic mass is 35.5. The molecule has 0 saturated heterocycles. The zero-order valence-corrected chi connectivity index (χ0v) is 35.3. The Kier molecular flexibility index (Phi) is 10.3. The summed E-state index contributed by atoms with van der Waals surface area (Å²) in [4.78, 5) is 44.5. The van der Waals surface area contributed by atoms with Gasteiger partial charge in [-0.15, -0.1) is 11.3 Å². The van der Waals surface area contributed by atoms with Crippen LogP contribution in [0.5, 0.6) is 0 Å². The maximum Gasteiger partial charge on any atom is 0.309 e. The van der Waals surface area contributed by atoms with Crippen LogP contribution in [0.2, 0.25) is 4.34 Å². The molecule has 1 aromatic heterocycles. The summed E-state index contributed by atoms with van der Waals surface area (Å²) in [6.45, 7) is 24.0. The van der Waals surface area contributed by atoms with E-state index < -0.39 is 17.4 Å². The number of carboxylic acid groups (broad SMARTS) is 1. The fourth-order valence-corrected chi connectivity index (χ4v) is 13.8. The molecule has 0 aromatic carbocycles. The number of ether oxygens (including phenoxy) is 2. The third-order valence-electron chi connectivity index (χ3n) is 15.8. The number of hydrogen-bond acceptors (Lipinski definition) is 7. The van der Waals surface area contributed by atoms with Gasteiger partial charge < -0.3 is 14.6 Å². The molecule has 0 bridgehead atoms. The second-order valence-corrected chi connectivity index (χ2v) is 21.3. The van der Waals surface area contributed by atoms with Crippen LogP contribution in [0.3, 0.4) is 0 Å². The van der Waals surface area contributed by atoms with E-state index in [9.17, 15) is 19.5 Å². The Labute approximate surface area is 326 Å². The monoisotopic (exact) mass is 767 g/mol. The van der Waals surface area contributed by atoms with Crippen LogP contribution in [0.4, 0.5) is 0 Å². The smallest absolute Gasteiger partial charge is 0.309 e. The zero-order valence-electron chi connectivity index (χ0n) is 33.7. The van der Waals surface area contributed by atoms with Crippen molar-refractivity contribution < 1.29 is 29.0 Å². The Morgan fingerprint density at radius 2 is 1.72 bits per heavy atom. The topological polar surface area (TPSA) is 102 Å². The summed E-state index contributed by atoms with van der Waals surface area (Å²) >= 11 is 7.66. The lowest BCUT2D eigenvalue weighted by atomic mass is 9.33. The second-order valence-electron chi connectivity index (χ2n) is 19.6. The summed E-state index contributed by atoms with van der Waals surface area (Å²) in [5.74, 6) is 1.38. The average Bonchev–Trinajstić information content (AvgIpc) is 3.62. The van der Waals surface area contributed by atoms with Gasteiger partial charge in [0.1, 0.15) is 11.9 Å². The number of nitrogens with zero attached hydrogens (tertiary/aromatic N) is 1. The quantitative estimate of drug-likeness (QED) is 0.116. The number of thiophene rings is 1. The lowest BCUT2D eigenvalue weighted by Crippen LogP contribution is -2.65. The Morgan fingerprint density at radius 3 is 2.32 bits per heavy atom. The number of fused-ring (bicyclic) bond motifs is 7. The van der Waals surface area contributed by atoms with Gasteiger partial charge in [0, 0.05) is 30.7 Å². The maximum atomic E-state index is 14.1. The largest absolute Gasteiger partial charge is 0.481 e. The van der Waals surface area contributed by atoms with Crippen molar-refractivity contribution in [3.63, 3.8) is 0 Å². The minimum absolute atomic E-state index is 0.0189. The molecule has 7 nitrogen and oxygen atoms in total. The number of Topliss-reactive ketones (excluding diaryl/α,β-unsaturated/α-hetero) is 1. The number of aliphatic carboxylic acids is 1. The molecule has 9 heteroatoms. The van der Waals surface area contributed by atoms with Gasteiger partial charge in [-0.3, -0.25) is 19.4 Å². The van der Waals surface area contributed by atoms with E-state index in [2.05, 4.69) is 60.0 Å². The predicted molar refractivity (Wildman–Crippen MR) is 213 cm³/mol. The van der Waals surface area contributed by atoms with Crippen molar-refractivity contribution >= 4 is 52.3 Å². The van der Waals surface area contributed by atoms with Gasteiger partial charge in [-0.1, -0.05) is 72.2 Å². The minimum atomic E-state index is -1.16. The van der Waals surface area contributed by atoms with E-state index in [0.717, 1.165) is 61.8 Å². The van der Waals surface area contributed by atoms with Crippen molar-refractivity contribution in [2.24, 2.45) is 61.2 Å². The highest BCUT2D eigenvalue weighted by Crippen LogP contribution is 2.77. The molecule has 0 unspecified atom stereocenters. The highest BCUT2D eigenvalue weighted by Gasteiger charge is 2.70. The number of halogens is 1. The molecule has 1 aromatic rings. The summed E-state index contributed by atoms with van der Waals surface area (Å²) in [5, 5.41) is 9.62. The van der Waals surface area contributed by atoms with Gasteiger partial charge in [-0.2, -0.15) is 0 Å². The predicted octanol–water partition coefficient (Wildman–Crippen LogP) is 11.2. The molecule has 8 atom stereocenters. The van der Waals surface area contributed by atoms with Crippen molar-refractivity contribution in [1.82, 2.24) is 0 Å². The van der Waals surface area contributed by atoms with E-state index >= 15 is 0 Å². The third kappa shape index (κ3) is 6.38. The van der Waals surface area contributed by atoms with Gasteiger partial charge in [0.15, 0.2) is 11.7 Å². The van der Waals surface area contributed by atoms with Gasteiger partial charge in [-0.25, -0.2) is 0 Å². The molecule has 0 aliphatic heterocycles. The van der Waals surface area contributed by atoms with Crippen molar-refractivity contribution in [2.75, 3.05) is 7.05 Å². The molecule has 5 aliphatic rings. The summed E-state index contributed by atoms with van der Waals surface area (Å²) in [7, 11) is 1.77. The Balaban J connectivity index is 1.28. The van der Waals surface area contributed by atoms with Gasteiger partial charge in [0.05, 0.1) is 21.0 Å². The second kappa shape index (κ2) is 13.6. The first-order chi connectivity index (χ1) is 24.6. The average molecular weight is 769 g/mol. The van der Waals surface area contributed by atoms with Crippen molar-refractivity contribution in [1.29, 1.82) is 0 Å². The number of ketones is 1. The molecule has 1 N–H and O–H groups in total. The van der Waals surface area contributed by atoms with Crippen LogP contribution >= 0.6 is 22.9 Å². The molecule has 0 spiro atoms. The number of aliphatic imine (C=N–C) groups is 1. The Morgan fingerprint density at radius 1 is 1.02 bits per heavy atom. The van der Waals surface area contributed by atoms with Crippen LogP contribution < -0.4 is 0 Å². The van der Waals surface area contributed by atoms with E-state index in [1.165, 1.54) is 16.9 Å². The molecule has 4 saturated carbocycles. The van der Waals surface area contributed by atoms with Crippen LogP contribution in [0, 0.1) is 56.2 Å². The van der Waals surface area contributed by atoms with E-state index in [-0.39, 0.29) is 45.5 Å². The fraction of sp³-hybridized carbons (Fsp3) is 0.727. The summed E-state index contributed by atoms with van der Waals surface area (Å²) in [6, 6.07) is 3.77. The third-order valence-corrected chi connectivity index (χ3v) is 17.1. The molecule has 6 rings (SSSR count). The molecule has 53 heavy (non-hydrogen) atoms. The fourth-order valence-electron chi connectivity index (χ4n) is 12.9. The van der Waals surface area contributed by atoms with E-state index in [4.69, 9.17) is 21.1 Å². The van der Waals surface area contributed by atoms with Crippen LogP contribution in [-0.2, 0) is 23.9 Å². The molecule has 0 amide bonds. The molecular formula is C44H62ClNO6S. The first kappa shape index (κ1) is 40.2. The molecule has 0 radical (unpaired) electrons. The minimum Gasteiger partial charge on any atom is -0.481 e. The van der Waals surface area contributed by atoms with E-state index in [0.29, 0.717) is 52.4 Å². The lowest BCUT2D eigenvalue weighted by molar-refractivity contribution is -0.233. The number of carbonyl (C=O) groups is 3. The standard InChI is InChI=1S/C44H62ClNO6S/c1-25(2)36-28(47)22-44(23-34(46-11)51-26(3)29-13-15-33(45)53-29)21-20-42(9)27(37(36)44)12-14-31-41(8)18-17-32(52-35(48)24-39(4,5)38(49)50)40(6,7)30(41)16-19-43(31,42)10/h13,15,25,27,30-32H,3,12,14,16-24H2,1-2,4-11H3,(H,49,50)/t27-,30+,31-,32+,41+,42-,43-,44+/m1/s1. The highest BCUT2D eigenvalue weighted by molar-refractivity contribution is 7.17. The van der Waals surface area contributed by atoms with Crippen molar-refractivity contribution in [3.8, 4) is 0 Å². The van der Waals surface area contributed by atoms with Crippen molar-refractivity contribution in [3.05, 3.63) is 39.1 Å². The Hall–Kier alpha value is -2.45. The van der Waals surface area contributed by atoms with Crippen molar-refractivity contribution in [2.45, 2.75) is 139 Å². The molecule has 1 heterocycles. The number of carboxylic acids is 1. The maximum absolute atomic E-state index is 14.1. The molecule has 4 fully saturated rings. The lowest BCUT2D eigenvalue weighted by Gasteiger charge is -2.72. The molecule has 292 valence electrons. The zero-order chi connectivity index (χ0) is 39.1. The van der Waals surface area contributed by atoms with Gasteiger partial charge in [0.25, 0.3) is 0 Å². The SMILES string of the molecule is C=C(OC(C[C@@]12CC[C@]3(C)[C@H](CC[C@@H]4[C@@]5(C)CC[C@H](OC(=O)CC(C)(C)C(=O)O)C(C)(C)[C@@H]5CC[C@]43C)C1=C(C(C)C)C(=O)C2)=NC)c1ccc(Cl)s1. The first-order valence-corrected chi connectivity index (χ1v) is 21.0. The van der Waals surface area contributed by atoms with E-state index in [1.807, 2.05) is 12.1 Å². The van der Waals surface area contributed by atoms with E-state index in [1.54, 1.807) is 20.9 Å². The van der Waals surface area contributed by atoms with Crippen LogP contribution in [-0.4, -0.2) is 41.9 Å². The number of rotatable bonds is 9. The molecule has 5 aliphatic carbocycles. The van der Waals surface area contributed by atoms with Gasteiger partial charge >= 0.3 is 11.9 Å². The first-order valence-electron chi connectivity index (χ1n) is 19.8. The van der Waals surface area contributed by atoms with Crippen LogP contribution in [0.1, 0.15) is 138 Å². The summed E-state index contributed by atoms with van der Waals surface area (Å²) in [6.07, 6.45) is 8.80. The van der Waals surface area contributed by atoms with Crippen LogP contribution in [0.15, 0.2) is 34.9 Å². The number of esters is 1. The number of allylic oxidation sites excluding steroid dienone is 2. The number of carbonyl (C=O) groups excluding carboxylic acids is 2. The summed E-state index contributed by atoms with van der Waals surface area (Å²) in [5.41, 5.74) is 0.898. The normalized spacial score (nSPS) is 36.7. The van der Waals surface area contributed by atoms with Gasteiger partial charge in [-0.05, 0) is 123 Å². The number of hydrogen-bond donors (Lipinski definition) is 1. The van der Waals surface area contributed by atoms with Crippen LogP contribution in [0.25, 0.3) is 5.76 Å².